The number of ether oxygens (including phenoxy) is 1. The van der Waals surface area contributed by atoms with Gasteiger partial charge in [-0.1, -0.05) is 24.3 Å². The van der Waals surface area contributed by atoms with E-state index in [1.165, 1.54) is 0 Å². The summed E-state index contributed by atoms with van der Waals surface area (Å²) in [6.45, 7) is 1.96. The van der Waals surface area contributed by atoms with E-state index in [0.717, 1.165) is 36.8 Å². The molecule has 5 nitrogen and oxygen atoms in total. The summed E-state index contributed by atoms with van der Waals surface area (Å²) in [7, 11) is 1.60. The molecule has 7 heteroatoms. The Morgan fingerprint density at radius 3 is 2.80 bits per heavy atom. The minimum atomic E-state index is -0.120. The maximum absolute atomic E-state index is 12.9. The van der Waals surface area contributed by atoms with Crippen LogP contribution in [0.3, 0.4) is 0 Å². The Labute approximate surface area is 180 Å². The fourth-order valence-corrected chi connectivity index (χ4v) is 5.31. The first-order valence-corrected chi connectivity index (χ1v) is 11.1. The lowest BCUT2D eigenvalue weighted by Gasteiger charge is -2.10. The maximum Gasteiger partial charge on any atom is 0.229 e. The highest BCUT2D eigenvalue weighted by atomic mass is 32.1. The third-order valence-corrected chi connectivity index (χ3v) is 6.70. The Morgan fingerprint density at radius 2 is 2.00 bits per heavy atom. The number of carbonyl (C=O) groups excluding carboxylic acids is 1. The van der Waals surface area contributed by atoms with Gasteiger partial charge in [-0.3, -0.25) is 4.79 Å². The number of benzene rings is 2. The molecule has 0 atom stereocenters. The number of para-hydroxylation sites is 1. The molecule has 3 aromatic heterocycles. The Bertz CT molecular complexity index is 1370. The highest BCUT2D eigenvalue weighted by Gasteiger charge is 2.18. The van der Waals surface area contributed by atoms with Gasteiger partial charge in [0.2, 0.25) is 5.91 Å². The van der Waals surface area contributed by atoms with Crippen LogP contribution in [0.5, 0.6) is 5.75 Å². The molecule has 0 spiro atoms. The predicted octanol–water partition coefficient (Wildman–Crippen LogP) is 6.27. The van der Waals surface area contributed by atoms with Crippen molar-refractivity contribution >= 4 is 56.2 Å². The average molecular weight is 435 g/mol. The number of methoxy groups -OCH3 is 1. The van der Waals surface area contributed by atoms with E-state index >= 15 is 0 Å². The lowest BCUT2D eigenvalue weighted by molar-refractivity contribution is -0.115. The van der Waals surface area contributed by atoms with Gasteiger partial charge in [-0.25, -0.2) is 4.98 Å². The summed E-state index contributed by atoms with van der Waals surface area (Å²) in [6.07, 6.45) is 0.250. The van der Waals surface area contributed by atoms with Crippen molar-refractivity contribution in [3.05, 3.63) is 63.8 Å². The van der Waals surface area contributed by atoms with E-state index in [9.17, 15) is 4.79 Å². The zero-order chi connectivity index (χ0) is 20.7. The number of amides is 1. The van der Waals surface area contributed by atoms with Crippen LogP contribution in [-0.2, 0) is 11.2 Å². The van der Waals surface area contributed by atoms with Gasteiger partial charge in [0.05, 0.1) is 34.8 Å². The molecule has 1 N–H and O–H groups in total. The summed E-state index contributed by atoms with van der Waals surface area (Å²) >= 11 is 3.18. The molecule has 0 aliphatic carbocycles. The molecule has 0 aliphatic heterocycles. The third kappa shape index (κ3) is 3.36. The number of fused-ring (bicyclic) bond motifs is 3. The number of nitrogens with one attached hydrogen (secondary N) is 1. The second kappa shape index (κ2) is 7.59. The molecular formula is C23H18N2O3S2. The topological polar surface area (TPSA) is 64.4 Å². The standard InChI is InChI=1S/C23H18N2O3S2/c1-13-24-23(20-8-5-9-29-20)21(30-13)12-22(26)25-16-11-18-15(10-19(16)27-2)14-6-3-4-7-17(14)28-18/h3-11H,12H2,1-2H3,(H,25,26). The molecule has 0 fully saturated rings. The highest BCUT2D eigenvalue weighted by molar-refractivity contribution is 7.15. The molecule has 0 radical (unpaired) electrons. The molecule has 0 unspecified atom stereocenters. The van der Waals surface area contributed by atoms with E-state index in [1.807, 2.05) is 60.8 Å². The van der Waals surface area contributed by atoms with E-state index in [-0.39, 0.29) is 12.3 Å². The van der Waals surface area contributed by atoms with E-state index < -0.39 is 0 Å². The molecule has 5 aromatic rings. The lowest BCUT2D eigenvalue weighted by Crippen LogP contribution is -2.14. The summed E-state index contributed by atoms with van der Waals surface area (Å²) in [4.78, 5) is 19.5. The van der Waals surface area contributed by atoms with Gasteiger partial charge in [-0.2, -0.15) is 0 Å². The van der Waals surface area contributed by atoms with Crippen molar-refractivity contribution in [2.75, 3.05) is 12.4 Å². The molecule has 2 aromatic carbocycles. The second-order valence-electron chi connectivity index (χ2n) is 6.85. The number of aryl methyl sites for hydroxylation is 1. The van der Waals surface area contributed by atoms with Crippen LogP contribution in [0.15, 0.2) is 58.3 Å². The van der Waals surface area contributed by atoms with Crippen molar-refractivity contribution in [3.63, 3.8) is 0 Å². The van der Waals surface area contributed by atoms with Crippen molar-refractivity contribution in [1.29, 1.82) is 0 Å². The molecule has 1 amide bonds. The first-order valence-electron chi connectivity index (χ1n) is 9.41. The van der Waals surface area contributed by atoms with Gasteiger partial charge >= 0.3 is 0 Å². The Morgan fingerprint density at radius 1 is 1.13 bits per heavy atom. The van der Waals surface area contributed by atoms with Gasteiger partial charge in [0.15, 0.2) is 0 Å². The molecule has 3 heterocycles. The van der Waals surface area contributed by atoms with Crippen LogP contribution < -0.4 is 10.1 Å². The monoisotopic (exact) mass is 434 g/mol. The lowest BCUT2D eigenvalue weighted by atomic mass is 10.1. The number of anilines is 1. The van der Waals surface area contributed by atoms with Gasteiger partial charge < -0.3 is 14.5 Å². The van der Waals surface area contributed by atoms with Crippen LogP contribution >= 0.6 is 22.7 Å². The predicted molar refractivity (Wildman–Crippen MR) is 123 cm³/mol. The van der Waals surface area contributed by atoms with Gasteiger partial charge in [0.1, 0.15) is 16.9 Å². The zero-order valence-corrected chi connectivity index (χ0v) is 18.0. The van der Waals surface area contributed by atoms with Crippen LogP contribution in [0, 0.1) is 6.92 Å². The number of carbonyl (C=O) groups is 1. The number of furan rings is 1. The molecule has 0 bridgehead atoms. The summed E-state index contributed by atoms with van der Waals surface area (Å²) in [5.74, 6) is 0.478. The summed E-state index contributed by atoms with van der Waals surface area (Å²) in [6, 6.07) is 15.6. The van der Waals surface area contributed by atoms with Crippen molar-refractivity contribution in [2.24, 2.45) is 0 Å². The van der Waals surface area contributed by atoms with Crippen LogP contribution in [0.2, 0.25) is 0 Å². The van der Waals surface area contributed by atoms with Gasteiger partial charge in [0, 0.05) is 21.7 Å². The number of aromatic nitrogens is 1. The minimum absolute atomic E-state index is 0.120. The maximum atomic E-state index is 12.9. The number of thiophene rings is 1. The number of thiazole rings is 1. The Balaban J connectivity index is 1.46. The normalized spacial score (nSPS) is 11.3. The average Bonchev–Trinajstić information content (AvgIpc) is 3.45. The fourth-order valence-electron chi connectivity index (χ4n) is 3.55. The number of nitrogens with zero attached hydrogens (tertiary/aromatic N) is 1. The Hall–Kier alpha value is -3.16. The van der Waals surface area contributed by atoms with Crippen LogP contribution in [0.1, 0.15) is 9.88 Å². The van der Waals surface area contributed by atoms with Crippen molar-refractivity contribution in [2.45, 2.75) is 13.3 Å². The van der Waals surface area contributed by atoms with Crippen LogP contribution in [0.4, 0.5) is 5.69 Å². The second-order valence-corrected chi connectivity index (χ2v) is 9.09. The first-order chi connectivity index (χ1) is 14.6. The number of hydrogen-bond donors (Lipinski definition) is 1. The largest absolute Gasteiger partial charge is 0.495 e. The molecule has 5 rings (SSSR count). The Kier molecular flexibility index (Phi) is 4.77. The van der Waals surface area contributed by atoms with Crippen molar-refractivity contribution in [3.8, 4) is 16.3 Å². The number of hydrogen-bond acceptors (Lipinski definition) is 6. The van der Waals surface area contributed by atoms with E-state index in [4.69, 9.17) is 9.15 Å². The summed E-state index contributed by atoms with van der Waals surface area (Å²) < 4.78 is 11.5. The van der Waals surface area contributed by atoms with E-state index in [0.29, 0.717) is 17.0 Å². The molecule has 0 aliphatic rings. The quantitative estimate of drug-likeness (QED) is 0.354. The van der Waals surface area contributed by atoms with Crippen LogP contribution in [-0.4, -0.2) is 18.0 Å². The molecule has 0 saturated heterocycles. The van der Waals surface area contributed by atoms with Crippen LogP contribution in [0.25, 0.3) is 32.5 Å². The first kappa shape index (κ1) is 18.8. The molecule has 0 saturated carbocycles. The van der Waals surface area contributed by atoms with Gasteiger partial charge in [-0.05, 0) is 30.5 Å². The smallest absolute Gasteiger partial charge is 0.229 e. The molecule has 150 valence electrons. The van der Waals surface area contributed by atoms with E-state index in [2.05, 4.69) is 10.3 Å². The van der Waals surface area contributed by atoms with Crippen molar-refractivity contribution < 1.29 is 13.9 Å². The van der Waals surface area contributed by atoms with E-state index in [1.54, 1.807) is 29.8 Å². The highest BCUT2D eigenvalue weighted by Crippen LogP contribution is 2.37. The SMILES string of the molecule is COc1cc2c(cc1NC(=O)Cc1sc(C)nc1-c1cccs1)oc1ccccc12. The van der Waals surface area contributed by atoms with Crippen molar-refractivity contribution in [1.82, 2.24) is 4.98 Å². The fraction of sp³-hybridized carbons (Fsp3) is 0.130. The third-order valence-electron chi connectivity index (χ3n) is 4.85. The van der Waals surface area contributed by atoms with Gasteiger partial charge in [-0.15, -0.1) is 22.7 Å². The number of rotatable bonds is 5. The molecule has 30 heavy (non-hydrogen) atoms. The molecular weight excluding hydrogens is 416 g/mol. The zero-order valence-electron chi connectivity index (χ0n) is 16.4. The summed E-state index contributed by atoms with van der Waals surface area (Å²) in [5.41, 5.74) is 2.99. The minimum Gasteiger partial charge on any atom is -0.495 e. The summed E-state index contributed by atoms with van der Waals surface area (Å²) in [5, 5.41) is 7.92. The van der Waals surface area contributed by atoms with Gasteiger partial charge in [0.25, 0.3) is 0 Å².